The van der Waals surface area contributed by atoms with E-state index in [2.05, 4.69) is 21.4 Å². The number of fused-ring (bicyclic) bond motifs is 2. The zero-order valence-corrected chi connectivity index (χ0v) is 17.2. The molecule has 7 heteroatoms. The van der Waals surface area contributed by atoms with E-state index in [1.165, 1.54) is 24.6 Å². The maximum Gasteiger partial charge on any atom is 0.238 e. The Balaban J connectivity index is 1.22. The number of carbonyl (C=O) groups is 2. The fraction of sp³-hybridized carbons (Fsp3) is 0.261. The molecule has 0 saturated heterocycles. The van der Waals surface area contributed by atoms with Gasteiger partial charge in [-0.2, -0.15) is 0 Å². The molecule has 2 aromatic carbocycles. The normalized spacial score (nSPS) is 17.6. The Hall–Kier alpha value is -3.06. The average Bonchev–Trinajstić information content (AvgIpc) is 3.19. The van der Waals surface area contributed by atoms with Gasteiger partial charge in [0.05, 0.1) is 16.6 Å². The number of rotatable bonds is 4. The SMILES string of the molecule is O=C(CC1Sc2ccccc2NC1=O)Nc1ccc(-c2cn3c(n2)CCCC3)cc1. The molecule has 0 fully saturated rings. The third-order valence-electron chi connectivity index (χ3n) is 5.45. The second-order valence-corrected chi connectivity index (χ2v) is 8.86. The van der Waals surface area contributed by atoms with Crippen LogP contribution in [0.25, 0.3) is 11.3 Å². The highest BCUT2D eigenvalue weighted by atomic mass is 32.2. The van der Waals surface area contributed by atoms with Crippen molar-refractivity contribution in [3.8, 4) is 11.3 Å². The van der Waals surface area contributed by atoms with Crippen LogP contribution in [0.4, 0.5) is 11.4 Å². The first-order valence-electron chi connectivity index (χ1n) is 10.2. The summed E-state index contributed by atoms with van der Waals surface area (Å²) in [5.41, 5.74) is 3.53. The number of carbonyl (C=O) groups excluding carboxylic acids is 2. The molecule has 3 aromatic rings. The van der Waals surface area contributed by atoms with Crippen molar-refractivity contribution in [1.82, 2.24) is 9.55 Å². The van der Waals surface area contributed by atoms with Gasteiger partial charge in [-0.1, -0.05) is 24.3 Å². The number of aromatic nitrogens is 2. The number of amides is 2. The third kappa shape index (κ3) is 3.85. The largest absolute Gasteiger partial charge is 0.334 e. The minimum absolute atomic E-state index is 0.125. The molecule has 30 heavy (non-hydrogen) atoms. The standard InChI is InChI=1S/C23H22N4O2S/c28-22(13-20-23(29)26-17-5-1-2-6-19(17)30-20)24-16-10-8-15(9-11-16)18-14-27-12-4-3-7-21(27)25-18/h1-2,5-6,8-11,14,20H,3-4,7,12-13H2,(H,24,28)(H,26,29). The number of hydrogen-bond donors (Lipinski definition) is 2. The highest BCUT2D eigenvalue weighted by Gasteiger charge is 2.28. The molecule has 2 N–H and O–H groups in total. The van der Waals surface area contributed by atoms with Crippen LogP contribution in [0, 0.1) is 0 Å². The monoisotopic (exact) mass is 418 g/mol. The molecule has 2 aliphatic heterocycles. The van der Waals surface area contributed by atoms with E-state index in [9.17, 15) is 9.59 Å². The number of aryl methyl sites for hydroxylation is 2. The summed E-state index contributed by atoms with van der Waals surface area (Å²) in [6.45, 7) is 1.04. The van der Waals surface area contributed by atoms with Crippen LogP contribution < -0.4 is 10.6 Å². The molecule has 1 atom stereocenters. The predicted octanol–water partition coefficient (Wildman–Crippen LogP) is 4.33. The zero-order chi connectivity index (χ0) is 20.5. The first-order chi connectivity index (χ1) is 14.7. The van der Waals surface area contributed by atoms with Crippen LogP contribution in [0.2, 0.25) is 0 Å². The molecule has 0 aliphatic carbocycles. The lowest BCUT2D eigenvalue weighted by molar-refractivity contribution is -0.120. The van der Waals surface area contributed by atoms with Crippen molar-refractivity contribution in [2.45, 2.75) is 42.4 Å². The van der Waals surface area contributed by atoms with E-state index in [1.807, 2.05) is 48.5 Å². The molecule has 152 valence electrons. The van der Waals surface area contributed by atoms with Crippen LogP contribution in [0.1, 0.15) is 25.1 Å². The van der Waals surface area contributed by atoms with Crippen LogP contribution in [0.15, 0.2) is 59.6 Å². The topological polar surface area (TPSA) is 76.0 Å². The van der Waals surface area contributed by atoms with E-state index in [-0.39, 0.29) is 18.2 Å². The van der Waals surface area contributed by atoms with Crippen molar-refractivity contribution in [2.24, 2.45) is 0 Å². The molecule has 1 aromatic heterocycles. The van der Waals surface area contributed by atoms with Gasteiger partial charge in [-0.25, -0.2) is 4.98 Å². The first-order valence-corrected chi connectivity index (χ1v) is 11.1. The summed E-state index contributed by atoms with van der Waals surface area (Å²) in [7, 11) is 0. The van der Waals surface area contributed by atoms with Crippen molar-refractivity contribution in [3.63, 3.8) is 0 Å². The molecule has 6 nitrogen and oxygen atoms in total. The highest BCUT2D eigenvalue weighted by Crippen LogP contribution is 2.36. The lowest BCUT2D eigenvalue weighted by Crippen LogP contribution is -2.32. The first kappa shape index (κ1) is 18.9. The van der Waals surface area contributed by atoms with Crippen LogP contribution in [-0.4, -0.2) is 26.6 Å². The molecular weight excluding hydrogens is 396 g/mol. The van der Waals surface area contributed by atoms with E-state index in [0.29, 0.717) is 5.69 Å². The second-order valence-electron chi connectivity index (χ2n) is 7.61. The Morgan fingerprint density at radius 2 is 2.00 bits per heavy atom. The Morgan fingerprint density at radius 1 is 1.17 bits per heavy atom. The highest BCUT2D eigenvalue weighted by molar-refractivity contribution is 8.01. The Kier molecular flexibility index (Phi) is 5.04. The van der Waals surface area contributed by atoms with Gasteiger partial charge in [-0.05, 0) is 37.1 Å². The molecule has 0 spiro atoms. The van der Waals surface area contributed by atoms with Gasteiger partial charge in [0.2, 0.25) is 11.8 Å². The summed E-state index contributed by atoms with van der Waals surface area (Å²) in [5.74, 6) is 0.846. The van der Waals surface area contributed by atoms with E-state index < -0.39 is 5.25 Å². The third-order valence-corrected chi connectivity index (χ3v) is 6.73. The summed E-state index contributed by atoms with van der Waals surface area (Å²) in [5, 5.41) is 5.35. The van der Waals surface area contributed by atoms with Crippen molar-refractivity contribution < 1.29 is 9.59 Å². The molecule has 0 radical (unpaired) electrons. The van der Waals surface area contributed by atoms with Gasteiger partial charge in [0, 0.05) is 41.7 Å². The molecule has 1 unspecified atom stereocenters. The Morgan fingerprint density at radius 3 is 2.83 bits per heavy atom. The molecule has 2 amide bonds. The summed E-state index contributed by atoms with van der Waals surface area (Å²) >= 11 is 1.43. The van der Waals surface area contributed by atoms with Gasteiger partial charge in [-0.15, -0.1) is 11.8 Å². The van der Waals surface area contributed by atoms with Crippen molar-refractivity contribution in [1.29, 1.82) is 0 Å². The zero-order valence-electron chi connectivity index (χ0n) is 16.4. The van der Waals surface area contributed by atoms with Crippen LogP contribution in [0.5, 0.6) is 0 Å². The van der Waals surface area contributed by atoms with Crippen LogP contribution in [0.3, 0.4) is 0 Å². The van der Waals surface area contributed by atoms with Gasteiger partial charge in [0.1, 0.15) is 5.82 Å². The molecule has 2 aliphatic rings. The van der Waals surface area contributed by atoms with E-state index >= 15 is 0 Å². The lowest BCUT2D eigenvalue weighted by Gasteiger charge is -2.23. The van der Waals surface area contributed by atoms with Gasteiger partial charge in [0.25, 0.3) is 0 Å². The van der Waals surface area contributed by atoms with Crippen LogP contribution >= 0.6 is 11.8 Å². The number of nitrogens with one attached hydrogen (secondary N) is 2. The van der Waals surface area contributed by atoms with Gasteiger partial charge >= 0.3 is 0 Å². The number of benzene rings is 2. The van der Waals surface area contributed by atoms with Crippen molar-refractivity contribution in [3.05, 3.63) is 60.6 Å². The summed E-state index contributed by atoms with van der Waals surface area (Å²) in [6, 6.07) is 15.4. The summed E-state index contributed by atoms with van der Waals surface area (Å²) < 4.78 is 2.24. The number of para-hydroxylation sites is 1. The maximum atomic E-state index is 12.5. The van der Waals surface area contributed by atoms with Gasteiger partial charge in [0.15, 0.2) is 0 Å². The minimum atomic E-state index is -0.434. The van der Waals surface area contributed by atoms with Gasteiger partial charge < -0.3 is 15.2 Å². The Bertz CT molecular complexity index is 1080. The summed E-state index contributed by atoms with van der Waals surface area (Å²) in [4.78, 5) is 30.5. The lowest BCUT2D eigenvalue weighted by atomic mass is 10.1. The second kappa shape index (κ2) is 7.99. The predicted molar refractivity (Wildman–Crippen MR) is 119 cm³/mol. The smallest absolute Gasteiger partial charge is 0.238 e. The van der Waals surface area contributed by atoms with Crippen molar-refractivity contribution in [2.75, 3.05) is 10.6 Å². The molecule has 5 rings (SSSR count). The fourth-order valence-electron chi connectivity index (χ4n) is 3.88. The summed E-state index contributed by atoms with van der Waals surface area (Å²) in [6.07, 6.45) is 5.67. The quantitative estimate of drug-likeness (QED) is 0.661. The van der Waals surface area contributed by atoms with E-state index in [0.717, 1.165) is 40.6 Å². The number of nitrogens with zero attached hydrogens (tertiary/aromatic N) is 2. The van der Waals surface area contributed by atoms with E-state index in [4.69, 9.17) is 4.98 Å². The fourth-order valence-corrected chi connectivity index (χ4v) is 4.99. The number of hydrogen-bond acceptors (Lipinski definition) is 4. The molecule has 3 heterocycles. The molecule has 0 saturated carbocycles. The number of thioether (sulfide) groups is 1. The van der Waals surface area contributed by atoms with E-state index in [1.54, 1.807) is 0 Å². The molecular formula is C23H22N4O2S. The minimum Gasteiger partial charge on any atom is -0.334 e. The molecule has 0 bridgehead atoms. The van der Waals surface area contributed by atoms with Crippen LogP contribution in [-0.2, 0) is 22.6 Å². The Labute approximate surface area is 179 Å². The van der Waals surface area contributed by atoms with Gasteiger partial charge in [-0.3, -0.25) is 9.59 Å². The average molecular weight is 419 g/mol. The maximum absolute atomic E-state index is 12.5. The van der Waals surface area contributed by atoms with Crippen molar-refractivity contribution >= 4 is 35.0 Å². The number of anilines is 2. The number of imidazole rings is 1.